The van der Waals surface area contributed by atoms with Crippen LogP contribution in [0.15, 0.2) is 66.9 Å². The molecule has 0 saturated heterocycles. The van der Waals surface area contributed by atoms with Crippen LogP contribution in [0.4, 0.5) is 5.82 Å². The molecule has 2 aromatic heterocycles. The Kier molecular flexibility index (Phi) is 5.00. The van der Waals surface area contributed by atoms with E-state index in [4.69, 9.17) is 11.6 Å². The van der Waals surface area contributed by atoms with Gasteiger partial charge in [0.15, 0.2) is 5.65 Å². The van der Waals surface area contributed by atoms with E-state index in [1.165, 1.54) is 0 Å². The van der Waals surface area contributed by atoms with Crippen molar-refractivity contribution in [2.45, 2.75) is 12.5 Å². The predicted octanol–water partition coefficient (Wildman–Crippen LogP) is 3.48. The maximum Gasteiger partial charge on any atom is 0.226 e. The molecule has 0 amide bonds. The maximum absolute atomic E-state index is 9.81. The van der Waals surface area contributed by atoms with Crippen LogP contribution in [0.1, 0.15) is 5.56 Å². The van der Waals surface area contributed by atoms with Gasteiger partial charge in [0.05, 0.1) is 29.9 Å². The van der Waals surface area contributed by atoms with Crippen molar-refractivity contribution in [2.75, 3.05) is 11.9 Å². The standard InChI is InChI=1S/C20H18ClN5O/c21-20-24-18(23-15(13-27)11-14-7-3-1-4-8-14)17-12-22-26(19(17)25-20)16-9-5-2-6-10-16/h1-10,12,15,27H,11,13H2,(H,23,24,25)/t15-/m0/s1. The number of para-hydroxylation sites is 1. The van der Waals surface area contributed by atoms with Crippen molar-refractivity contribution in [1.82, 2.24) is 19.7 Å². The van der Waals surface area contributed by atoms with E-state index in [2.05, 4.69) is 20.4 Å². The molecule has 0 aliphatic carbocycles. The van der Waals surface area contributed by atoms with Crippen molar-refractivity contribution in [3.8, 4) is 5.69 Å². The first-order valence-corrected chi connectivity index (χ1v) is 9.00. The summed E-state index contributed by atoms with van der Waals surface area (Å²) in [5, 5.41) is 18.4. The number of aliphatic hydroxyl groups is 1. The minimum atomic E-state index is -0.207. The van der Waals surface area contributed by atoms with Crippen molar-refractivity contribution in [3.05, 3.63) is 77.7 Å². The predicted molar refractivity (Wildman–Crippen MR) is 106 cm³/mol. The second kappa shape index (κ2) is 7.73. The van der Waals surface area contributed by atoms with Gasteiger partial charge in [0, 0.05) is 0 Å². The Bertz CT molecular complexity index is 1040. The topological polar surface area (TPSA) is 75.9 Å². The van der Waals surface area contributed by atoms with Crippen molar-refractivity contribution in [1.29, 1.82) is 0 Å². The molecule has 0 aliphatic rings. The minimum absolute atomic E-state index is 0.0369. The van der Waals surface area contributed by atoms with Crippen LogP contribution in [-0.4, -0.2) is 37.5 Å². The zero-order chi connectivity index (χ0) is 18.6. The van der Waals surface area contributed by atoms with E-state index in [9.17, 15) is 5.11 Å². The fourth-order valence-corrected chi connectivity index (χ4v) is 3.17. The Balaban J connectivity index is 1.68. The lowest BCUT2D eigenvalue weighted by Crippen LogP contribution is -2.27. The summed E-state index contributed by atoms with van der Waals surface area (Å²) in [7, 11) is 0. The first-order chi connectivity index (χ1) is 13.2. The van der Waals surface area contributed by atoms with Crippen LogP contribution in [0.5, 0.6) is 0 Å². The molecule has 4 rings (SSSR count). The van der Waals surface area contributed by atoms with E-state index in [-0.39, 0.29) is 17.9 Å². The number of anilines is 1. The van der Waals surface area contributed by atoms with Crippen molar-refractivity contribution >= 4 is 28.5 Å². The summed E-state index contributed by atoms with van der Waals surface area (Å²) in [6.45, 7) is -0.0369. The molecule has 2 aromatic carbocycles. The maximum atomic E-state index is 9.81. The first kappa shape index (κ1) is 17.5. The third kappa shape index (κ3) is 3.77. The van der Waals surface area contributed by atoms with Gasteiger partial charge in [0.2, 0.25) is 5.28 Å². The first-order valence-electron chi connectivity index (χ1n) is 8.62. The Morgan fingerprint density at radius 3 is 2.41 bits per heavy atom. The van der Waals surface area contributed by atoms with E-state index < -0.39 is 0 Å². The molecular formula is C20H18ClN5O. The van der Waals surface area contributed by atoms with Crippen LogP contribution in [0, 0.1) is 0 Å². The second-order valence-electron chi connectivity index (χ2n) is 6.18. The molecule has 0 radical (unpaired) electrons. The van der Waals surface area contributed by atoms with Gasteiger partial charge in [-0.3, -0.25) is 0 Å². The average Bonchev–Trinajstić information content (AvgIpc) is 3.13. The number of aliphatic hydroxyl groups excluding tert-OH is 1. The molecule has 136 valence electrons. The molecule has 2 N–H and O–H groups in total. The number of benzene rings is 2. The van der Waals surface area contributed by atoms with Gasteiger partial charge < -0.3 is 10.4 Å². The third-order valence-corrected chi connectivity index (χ3v) is 4.46. The highest BCUT2D eigenvalue weighted by Gasteiger charge is 2.16. The molecule has 0 bridgehead atoms. The summed E-state index contributed by atoms with van der Waals surface area (Å²) >= 11 is 6.16. The highest BCUT2D eigenvalue weighted by Crippen LogP contribution is 2.25. The fourth-order valence-electron chi connectivity index (χ4n) is 3.00. The Morgan fingerprint density at radius 1 is 1.00 bits per heavy atom. The van der Waals surface area contributed by atoms with Crippen LogP contribution < -0.4 is 5.32 Å². The van der Waals surface area contributed by atoms with Crippen molar-refractivity contribution in [2.24, 2.45) is 0 Å². The van der Waals surface area contributed by atoms with Gasteiger partial charge in [-0.2, -0.15) is 15.1 Å². The molecule has 2 heterocycles. The van der Waals surface area contributed by atoms with Crippen molar-refractivity contribution < 1.29 is 5.11 Å². The number of hydrogen-bond donors (Lipinski definition) is 2. The molecule has 0 fully saturated rings. The summed E-state index contributed by atoms with van der Waals surface area (Å²) in [5.41, 5.74) is 2.62. The second-order valence-corrected chi connectivity index (χ2v) is 6.52. The summed E-state index contributed by atoms with van der Waals surface area (Å²) in [5.74, 6) is 0.558. The summed E-state index contributed by atoms with van der Waals surface area (Å²) < 4.78 is 1.72. The molecule has 6 nitrogen and oxygen atoms in total. The SMILES string of the molecule is OC[C@H](Cc1ccccc1)Nc1nc(Cl)nc2c1cnn2-c1ccccc1. The average molecular weight is 380 g/mol. The van der Waals surface area contributed by atoms with Gasteiger partial charge in [-0.1, -0.05) is 48.5 Å². The van der Waals surface area contributed by atoms with Gasteiger partial charge in [-0.15, -0.1) is 0 Å². The number of rotatable bonds is 6. The summed E-state index contributed by atoms with van der Waals surface area (Å²) in [6, 6.07) is 19.5. The Morgan fingerprint density at radius 2 is 1.70 bits per heavy atom. The van der Waals surface area contributed by atoms with Crippen LogP contribution in [-0.2, 0) is 6.42 Å². The molecule has 0 spiro atoms. The van der Waals surface area contributed by atoms with Crippen LogP contribution >= 0.6 is 11.6 Å². The number of fused-ring (bicyclic) bond motifs is 1. The molecule has 0 saturated carbocycles. The zero-order valence-corrected chi connectivity index (χ0v) is 15.2. The van der Waals surface area contributed by atoms with Gasteiger partial charge in [-0.05, 0) is 35.7 Å². The zero-order valence-electron chi connectivity index (χ0n) is 14.5. The van der Waals surface area contributed by atoms with Gasteiger partial charge in [0.25, 0.3) is 0 Å². The van der Waals surface area contributed by atoms with Crippen LogP contribution in [0.2, 0.25) is 5.28 Å². The molecule has 27 heavy (non-hydrogen) atoms. The van der Waals surface area contributed by atoms with E-state index in [1.807, 2.05) is 60.7 Å². The molecule has 0 aliphatic heterocycles. The lowest BCUT2D eigenvalue weighted by atomic mass is 10.1. The van der Waals surface area contributed by atoms with E-state index in [0.717, 1.165) is 16.6 Å². The van der Waals surface area contributed by atoms with Gasteiger partial charge >= 0.3 is 0 Å². The number of nitrogens with zero attached hydrogens (tertiary/aromatic N) is 4. The fraction of sp³-hybridized carbons (Fsp3) is 0.150. The highest BCUT2D eigenvalue weighted by atomic mass is 35.5. The molecule has 4 aromatic rings. The summed E-state index contributed by atoms with van der Waals surface area (Å²) in [4.78, 5) is 8.66. The van der Waals surface area contributed by atoms with E-state index in [0.29, 0.717) is 17.9 Å². The normalized spacial score (nSPS) is 12.2. The van der Waals surface area contributed by atoms with Gasteiger partial charge in [-0.25, -0.2) is 4.68 Å². The Labute approximate surface area is 161 Å². The van der Waals surface area contributed by atoms with E-state index in [1.54, 1.807) is 10.9 Å². The lowest BCUT2D eigenvalue weighted by Gasteiger charge is -2.17. The number of hydrogen-bond acceptors (Lipinski definition) is 5. The highest BCUT2D eigenvalue weighted by molar-refractivity contribution is 6.28. The van der Waals surface area contributed by atoms with Crippen LogP contribution in [0.25, 0.3) is 16.7 Å². The third-order valence-electron chi connectivity index (χ3n) is 4.29. The largest absolute Gasteiger partial charge is 0.394 e. The molecule has 1 atom stereocenters. The quantitative estimate of drug-likeness (QED) is 0.501. The smallest absolute Gasteiger partial charge is 0.226 e. The monoisotopic (exact) mass is 379 g/mol. The molecular weight excluding hydrogens is 362 g/mol. The molecule has 7 heteroatoms. The van der Waals surface area contributed by atoms with Crippen molar-refractivity contribution in [3.63, 3.8) is 0 Å². The number of nitrogens with one attached hydrogen (secondary N) is 1. The number of halogens is 1. The van der Waals surface area contributed by atoms with Crippen LogP contribution in [0.3, 0.4) is 0 Å². The Hall–Kier alpha value is -2.96. The summed E-state index contributed by atoms with van der Waals surface area (Å²) in [6.07, 6.45) is 2.37. The van der Waals surface area contributed by atoms with E-state index >= 15 is 0 Å². The lowest BCUT2D eigenvalue weighted by molar-refractivity contribution is 0.273. The minimum Gasteiger partial charge on any atom is -0.394 e. The van der Waals surface area contributed by atoms with Gasteiger partial charge in [0.1, 0.15) is 5.82 Å². The molecule has 0 unspecified atom stereocenters. The number of aromatic nitrogens is 4.